The summed E-state index contributed by atoms with van der Waals surface area (Å²) in [5.74, 6) is 0.632. The van der Waals surface area contributed by atoms with Gasteiger partial charge in [0.05, 0.1) is 12.7 Å². The standard InChI is InChI=1S/C19H17NO3S.C3H7N3/c1-11-5-4-6-15(9-11)23-16-8-7-14(10-12(16)2)18-20-13(3)17(24-18)19(21)22;1-3-5-6-4-2/h4-10H,1-3H3,(H,21,22);3H,1-2H3/b;5-3-,6-4?. The Morgan fingerprint density at radius 3 is 2.47 bits per heavy atom. The zero-order valence-electron chi connectivity index (χ0n) is 17.6. The van der Waals surface area contributed by atoms with Gasteiger partial charge in [-0.05, 0) is 69.2 Å². The Hall–Kier alpha value is -3.39. The van der Waals surface area contributed by atoms with Crippen LogP contribution in [0.3, 0.4) is 0 Å². The summed E-state index contributed by atoms with van der Waals surface area (Å²) in [7, 11) is 1.58. The number of aryl methyl sites for hydroxylation is 3. The fourth-order valence-corrected chi connectivity index (χ4v) is 3.43. The molecule has 0 saturated carbocycles. The van der Waals surface area contributed by atoms with E-state index in [9.17, 15) is 4.79 Å². The van der Waals surface area contributed by atoms with Gasteiger partial charge in [0.15, 0.2) is 0 Å². The Labute approximate surface area is 179 Å². The van der Waals surface area contributed by atoms with Crippen molar-refractivity contribution < 1.29 is 14.6 Å². The van der Waals surface area contributed by atoms with Crippen molar-refractivity contribution in [2.75, 3.05) is 7.05 Å². The van der Waals surface area contributed by atoms with Crippen molar-refractivity contribution in [1.29, 1.82) is 0 Å². The number of benzene rings is 2. The van der Waals surface area contributed by atoms with E-state index in [0.717, 1.165) is 28.2 Å². The van der Waals surface area contributed by atoms with Crippen LogP contribution in [-0.4, -0.2) is 29.3 Å². The molecular formula is C22H24N4O3S. The van der Waals surface area contributed by atoms with E-state index in [1.54, 1.807) is 27.1 Å². The Bertz CT molecular complexity index is 1060. The molecule has 2 aromatic carbocycles. The molecule has 0 aliphatic rings. The number of hydrogen-bond donors (Lipinski definition) is 1. The van der Waals surface area contributed by atoms with Crippen molar-refractivity contribution in [2.45, 2.75) is 27.7 Å². The minimum Gasteiger partial charge on any atom is -0.477 e. The fraction of sp³-hybridized carbons (Fsp3) is 0.227. The molecule has 0 radical (unpaired) electrons. The van der Waals surface area contributed by atoms with E-state index in [2.05, 4.69) is 20.4 Å². The molecule has 0 atom stereocenters. The van der Waals surface area contributed by atoms with Gasteiger partial charge in [-0.2, -0.15) is 5.11 Å². The van der Waals surface area contributed by atoms with Crippen molar-refractivity contribution in [2.24, 2.45) is 15.4 Å². The molecule has 0 unspecified atom stereocenters. The second kappa shape index (κ2) is 11.0. The van der Waals surface area contributed by atoms with E-state index >= 15 is 0 Å². The van der Waals surface area contributed by atoms with Gasteiger partial charge < -0.3 is 9.84 Å². The minimum absolute atomic E-state index is 0.280. The van der Waals surface area contributed by atoms with Crippen LogP contribution in [0.1, 0.15) is 33.4 Å². The number of carbonyl (C=O) groups is 1. The van der Waals surface area contributed by atoms with Gasteiger partial charge in [-0.15, -0.1) is 16.4 Å². The van der Waals surface area contributed by atoms with Crippen LogP contribution >= 0.6 is 11.3 Å². The van der Waals surface area contributed by atoms with Crippen LogP contribution < -0.4 is 4.74 Å². The molecule has 0 spiro atoms. The van der Waals surface area contributed by atoms with E-state index in [0.29, 0.717) is 10.7 Å². The number of nitrogens with zero attached hydrogens (tertiary/aromatic N) is 4. The largest absolute Gasteiger partial charge is 0.477 e. The first-order valence-corrected chi connectivity index (χ1v) is 10.0. The van der Waals surface area contributed by atoms with Crippen LogP contribution in [0.5, 0.6) is 11.5 Å². The molecule has 0 aliphatic carbocycles. The van der Waals surface area contributed by atoms with E-state index in [1.807, 2.05) is 56.3 Å². The predicted molar refractivity (Wildman–Crippen MR) is 120 cm³/mol. The van der Waals surface area contributed by atoms with E-state index in [4.69, 9.17) is 9.84 Å². The van der Waals surface area contributed by atoms with Crippen LogP contribution in [0.2, 0.25) is 0 Å². The normalized spacial score (nSPS) is 10.8. The van der Waals surface area contributed by atoms with Crippen molar-refractivity contribution in [3.63, 3.8) is 0 Å². The van der Waals surface area contributed by atoms with Gasteiger partial charge >= 0.3 is 5.97 Å². The molecule has 3 rings (SSSR count). The lowest BCUT2D eigenvalue weighted by Gasteiger charge is -2.10. The van der Waals surface area contributed by atoms with Gasteiger partial charge in [-0.3, -0.25) is 0 Å². The molecular weight excluding hydrogens is 400 g/mol. The van der Waals surface area contributed by atoms with Gasteiger partial charge in [0, 0.05) is 11.8 Å². The average molecular weight is 425 g/mol. The van der Waals surface area contributed by atoms with Gasteiger partial charge in [-0.1, -0.05) is 17.4 Å². The van der Waals surface area contributed by atoms with Gasteiger partial charge in [0.2, 0.25) is 0 Å². The van der Waals surface area contributed by atoms with Crippen LogP contribution in [0.25, 0.3) is 10.6 Å². The SMILES string of the molecule is C/C=N\N=NC.Cc1cccc(Oc2ccc(-c3nc(C)c(C(=O)O)s3)cc2C)c1. The molecule has 3 aromatic rings. The molecule has 0 saturated heterocycles. The number of carboxylic acids is 1. The predicted octanol–water partition coefficient (Wildman–Crippen LogP) is 6.30. The highest BCUT2D eigenvalue weighted by Crippen LogP contribution is 2.32. The third-order valence-electron chi connectivity index (χ3n) is 3.89. The van der Waals surface area contributed by atoms with E-state index < -0.39 is 5.97 Å². The highest BCUT2D eigenvalue weighted by molar-refractivity contribution is 7.17. The summed E-state index contributed by atoms with van der Waals surface area (Å²) in [5, 5.41) is 19.9. The molecule has 30 heavy (non-hydrogen) atoms. The zero-order valence-corrected chi connectivity index (χ0v) is 18.4. The van der Waals surface area contributed by atoms with Crippen molar-refractivity contribution in [3.8, 4) is 22.1 Å². The maximum atomic E-state index is 11.2. The molecule has 1 N–H and O–H groups in total. The third-order valence-corrected chi connectivity index (χ3v) is 5.08. The molecule has 0 amide bonds. The molecule has 1 aromatic heterocycles. The van der Waals surface area contributed by atoms with Gasteiger partial charge in [-0.25, -0.2) is 9.78 Å². The number of ether oxygens (including phenoxy) is 1. The summed E-state index contributed by atoms with van der Waals surface area (Å²) in [6.07, 6.45) is 1.58. The molecule has 0 fully saturated rings. The van der Waals surface area contributed by atoms with Crippen molar-refractivity contribution >= 4 is 23.5 Å². The fourth-order valence-electron chi connectivity index (χ4n) is 2.52. The highest BCUT2D eigenvalue weighted by Gasteiger charge is 2.15. The number of thiazole rings is 1. The topological polar surface area (TPSA) is 96.5 Å². The molecule has 156 valence electrons. The van der Waals surface area contributed by atoms with Crippen LogP contribution in [0, 0.1) is 20.8 Å². The molecule has 7 nitrogen and oxygen atoms in total. The molecule has 8 heteroatoms. The third kappa shape index (κ3) is 6.31. The van der Waals surface area contributed by atoms with E-state index in [-0.39, 0.29) is 4.88 Å². The lowest BCUT2D eigenvalue weighted by atomic mass is 10.1. The Morgan fingerprint density at radius 1 is 1.17 bits per heavy atom. The smallest absolute Gasteiger partial charge is 0.347 e. The van der Waals surface area contributed by atoms with Gasteiger partial charge in [0.1, 0.15) is 21.4 Å². The number of aromatic carboxylic acids is 1. The van der Waals surface area contributed by atoms with Gasteiger partial charge in [0.25, 0.3) is 0 Å². The maximum absolute atomic E-state index is 11.2. The monoisotopic (exact) mass is 424 g/mol. The second-order valence-electron chi connectivity index (χ2n) is 6.30. The number of hydrogen-bond acceptors (Lipinski definition) is 6. The quantitative estimate of drug-likeness (QED) is 0.295. The summed E-state index contributed by atoms with van der Waals surface area (Å²) in [5.41, 5.74) is 3.55. The first kappa shape index (κ1) is 22.9. The maximum Gasteiger partial charge on any atom is 0.347 e. The van der Waals surface area contributed by atoms with E-state index in [1.165, 1.54) is 11.3 Å². The first-order valence-electron chi connectivity index (χ1n) is 9.18. The summed E-state index contributed by atoms with van der Waals surface area (Å²) in [4.78, 5) is 15.8. The Morgan fingerprint density at radius 2 is 1.93 bits per heavy atom. The number of carboxylic acid groups (broad SMARTS) is 1. The number of aromatic nitrogens is 1. The minimum atomic E-state index is -0.938. The van der Waals surface area contributed by atoms with Crippen LogP contribution in [-0.2, 0) is 0 Å². The summed E-state index contributed by atoms with van der Waals surface area (Å²) >= 11 is 1.19. The lowest BCUT2D eigenvalue weighted by Crippen LogP contribution is -1.94. The Kier molecular flexibility index (Phi) is 8.37. The number of rotatable bonds is 5. The molecule has 0 bridgehead atoms. The van der Waals surface area contributed by atoms with Crippen LogP contribution in [0.4, 0.5) is 0 Å². The summed E-state index contributed by atoms with van der Waals surface area (Å²) in [6, 6.07) is 13.6. The summed E-state index contributed by atoms with van der Waals surface area (Å²) < 4.78 is 5.94. The lowest BCUT2D eigenvalue weighted by molar-refractivity contribution is 0.0701. The highest BCUT2D eigenvalue weighted by atomic mass is 32.1. The second-order valence-corrected chi connectivity index (χ2v) is 7.30. The molecule has 1 heterocycles. The Balaban J connectivity index is 0.000000469. The average Bonchev–Trinajstić information content (AvgIpc) is 3.10. The summed E-state index contributed by atoms with van der Waals surface area (Å²) in [6.45, 7) is 7.49. The van der Waals surface area contributed by atoms with Crippen molar-refractivity contribution in [1.82, 2.24) is 4.98 Å². The van der Waals surface area contributed by atoms with Crippen LogP contribution in [0.15, 0.2) is 57.9 Å². The molecule has 0 aliphatic heterocycles. The first-order chi connectivity index (χ1) is 14.3. The zero-order chi connectivity index (χ0) is 22.1. The van der Waals surface area contributed by atoms with Crippen molar-refractivity contribution in [3.05, 3.63) is 64.2 Å².